The number of rotatable bonds is 1. The molecule has 9 heavy (non-hydrogen) atoms. The molecular formula is C6H11NO2. The van der Waals surface area contributed by atoms with E-state index < -0.39 is 0 Å². The molecule has 3 heteroatoms. The van der Waals surface area contributed by atoms with Crippen molar-refractivity contribution in [2.75, 3.05) is 6.61 Å². The topological polar surface area (TPSA) is 49.3 Å². The van der Waals surface area contributed by atoms with Gasteiger partial charge in [0.1, 0.15) is 0 Å². The predicted molar refractivity (Wildman–Crippen MR) is 32.9 cm³/mol. The van der Waals surface area contributed by atoms with Gasteiger partial charge in [-0.15, -0.1) is 0 Å². The third kappa shape index (κ3) is 1.68. The number of hydrogen-bond donors (Lipinski definition) is 2. The predicted octanol–water partition coefficient (Wildman–Crippen LogP) is -0.353. The summed E-state index contributed by atoms with van der Waals surface area (Å²) in [6.07, 6.45) is 2.45. The summed E-state index contributed by atoms with van der Waals surface area (Å²) in [5, 5.41) is 11.3. The molecule has 1 rings (SSSR count). The molecule has 0 aromatic rings. The van der Waals surface area contributed by atoms with Crippen LogP contribution < -0.4 is 5.32 Å². The molecule has 1 heterocycles. The van der Waals surface area contributed by atoms with Gasteiger partial charge in [0, 0.05) is 6.42 Å². The Hall–Kier alpha value is -0.570. The number of piperidine rings is 1. The van der Waals surface area contributed by atoms with Crippen molar-refractivity contribution in [3.8, 4) is 0 Å². The van der Waals surface area contributed by atoms with E-state index in [-0.39, 0.29) is 18.6 Å². The number of aliphatic hydroxyl groups is 1. The molecular weight excluding hydrogens is 118 g/mol. The number of carbonyl (C=O) groups is 1. The van der Waals surface area contributed by atoms with Gasteiger partial charge in [0.05, 0.1) is 12.6 Å². The van der Waals surface area contributed by atoms with Crippen molar-refractivity contribution in [3.63, 3.8) is 0 Å². The number of aliphatic hydroxyl groups excluding tert-OH is 1. The number of nitrogens with one attached hydrogen (secondary N) is 1. The van der Waals surface area contributed by atoms with Crippen LogP contribution in [-0.2, 0) is 4.79 Å². The van der Waals surface area contributed by atoms with E-state index in [0.29, 0.717) is 6.42 Å². The molecule has 0 saturated carbocycles. The Bertz CT molecular complexity index is 114. The zero-order valence-corrected chi connectivity index (χ0v) is 5.26. The summed E-state index contributed by atoms with van der Waals surface area (Å²) < 4.78 is 0. The van der Waals surface area contributed by atoms with Crippen molar-refractivity contribution >= 4 is 5.91 Å². The lowest BCUT2D eigenvalue weighted by atomic mass is 10.1. The smallest absolute Gasteiger partial charge is 0.220 e. The van der Waals surface area contributed by atoms with Crippen LogP contribution in [0.3, 0.4) is 0 Å². The minimum atomic E-state index is 0.0197. The van der Waals surface area contributed by atoms with Crippen LogP contribution in [0, 0.1) is 0 Å². The minimum Gasteiger partial charge on any atom is -0.394 e. The van der Waals surface area contributed by atoms with E-state index in [0.717, 1.165) is 12.8 Å². The van der Waals surface area contributed by atoms with Gasteiger partial charge in [-0.2, -0.15) is 0 Å². The van der Waals surface area contributed by atoms with Crippen LogP contribution in [-0.4, -0.2) is 23.7 Å². The fourth-order valence-corrected chi connectivity index (χ4v) is 1.02. The Labute approximate surface area is 54.1 Å². The summed E-state index contributed by atoms with van der Waals surface area (Å²) in [5.74, 6) is 0.0697. The van der Waals surface area contributed by atoms with E-state index >= 15 is 0 Å². The molecule has 0 aromatic heterocycles. The highest BCUT2D eigenvalue weighted by Crippen LogP contribution is 2.06. The molecule has 3 nitrogen and oxygen atoms in total. The molecule has 52 valence electrons. The summed E-state index contributed by atoms with van der Waals surface area (Å²) in [7, 11) is 0. The zero-order valence-electron chi connectivity index (χ0n) is 5.26. The molecule has 0 aliphatic carbocycles. The highest BCUT2D eigenvalue weighted by molar-refractivity contribution is 5.76. The largest absolute Gasteiger partial charge is 0.394 e. The van der Waals surface area contributed by atoms with Crippen molar-refractivity contribution in [1.82, 2.24) is 5.32 Å². The Kier molecular flexibility index (Phi) is 2.05. The third-order valence-corrected chi connectivity index (χ3v) is 1.54. The molecule has 0 aromatic carbocycles. The maximum Gasteiger partial charge on any atom is 0.220 e. The maximum absolute atomic E-state index is 10.6. The van der Waals surface area contributed by atoms with Gasteiger partial charge in [-0.1, -0.05) is 0 Å². The molecule has 1 atom stereocenters. The van der Waals surface area contributed by atoms with E-state index in [1.807, 2.05) is 0 Å². The third-order valence-electron chi connectivity index (χ3n) is 1.54. The second kappa shape index (κ2) is 2.82. The Balaban J connectivity index is 2.32. The molecule has 0 unspecified atom stereocenters. The number of hydrogen-bond acceptors (Lipinski definition) is 2. The van der Waals surface area contributed by atoms with E-state index in [1.165, 1.54) is 0 Å². The normalized spacial score (nSPS) is 27.7. The van der Waals surface area contributed by atoms with Gasteiger partial charge in [0.15, 0.2) is 0 Å². The van der Waals surface area contributed by atoms with Crippen LogP contribution in [0.2, 0.25) is 0 Å². The van der Waals surface area contributed by atoms with E-state index in [4.69, 9.17) is 5.11 Å². The lowest BCUT2D eigenvalue weighted by molar-refractivity contribution is -0.123. The van der Waals surface area contributed by atoms with Gasteiger partial charge in [-0.3, -0.25) is 4.79 Å². The van der Waals surface area contributed by atoms with Gasteiger partial charge >= 0.3 is 0 Å². The van der Waals surface area contributed by atoms with Crippen LogP contribution in [0.1, 0.15) is 19.3 Å². The van der Waals surface area contributed by atoms with Crippen molar-refractivity contribution in [3.05, 3.63) is 0 Å². The first-order valence-electron chi connectivity index (χ1n) is 3.23. The average Bonchev–Trinajstić information content (AvgIpc) is 1.88. The summed E-state index contributed by atoms with van der Waals surface area (Å²) in [6.45, 7) is 0.0751. The summed E-state index contributed by atoms with van der Waals surface area (Å²) in [6, 6.07) is 0.0197. The first-order chi connectivity index (χ1) is 4.33. The fraction of sp³-hybridized carbons (Fsp3) is 0.833. The molecule has 0 spiro atoms. The van der Waals surface area contributed by atoms with Crippen LogP contribution in [0.4, 0.5) is 0 Å². The van der Waals surface area contributed by atoms with Gasteiger partial charge in [-0.05, 0) is 12.8 Å². The molecule has 1 aliphatic heterocycles. The first kappa shape index (κ1) is 6.55. The van der Waals surface area contributed by atoms with Crippen LogP contribution in [0.5, 0.6) is 0 Å². The van der Waals surface area contributed by atoms with Crippen LogP contribution >= 0.6 is 0 Å². The van der Waals surface area contributed by atoms with E-state index in [1.54, 1.807) is 0 Å². The monoisotopic (exact) mass is 129 g/mol. The first-order valence-corrected chi connectivity index (χ1v) is 3.23. The Morgan fingerprint density at radius 1 is 1.78 bits per heavy atom. The van der Waals surface area contributed by atoms with Gasteiger partial charge in [-0.25, -0.2) is 0 Å². The SMILES string of the molecule is O=C1CCC[C@H](CO)N1. The standard InChI is InChI=1S/C6H11NO2/c8-4-5-2-1-3-6(9)7-5/h5,8H,1-4H2,(H,7,9)/t5-/m1/s1. The van der Waals surface area contributed by atoms with Crippen molar-refractivity contribution < 1.29 is 9.90 Å². The maximum atomic E-state index is 10.6. The van der Waals surface area contributed by atoms with E-state index in [2.05, 4.69) is 5.32 Å². The van der Waals surface area contributed by atoms with Crippen LogP contribution in [0.25, 0.3) is 0 Å². The van der Waals surface area contributed by atoms with Crippen LogP contribution in [0.15, 0.2) is 0 Å². The molecule has 0 bridgehead atoms. The summed E-state index contributed by atoms with van der Waals surface area (Å²) in [5.41, 5.74) is 0. The zero-order chi connectivity index (χ0) is 6.69. The number of amides is 1. The second-order valence-electron chi connectivity index (χ2n) is 2.34. The van der Waals surface area contributed by atoms with Gasteiger partial charge in [0.25, 0.3) is 0 Å². The molecule has 2 N–H and O–H groups in total. The molecule has 1 amide bonds. The average molecular weight is 129 g/mol. The highest BCUT2D eigenvalue weighted by Gasteiger charge is 2.15. The number of carbonyl (C=O) groups excluding carboxylic acids is 1. The lowest BCUT2D eigenvalue weighted by Crippen LogP contribution is -2.40. The summed E-state index contributed by atoms with van der Waals surface area (Å²) >= 11 is 0. The fourth-order valence-electron chi connectivity index (χ4n) is 1.02. The Morgan fingerprint density at radius 2 is 2.56 bits per heavy atom. The second-order valence-corrected chi connectivity index (χ2v) is 2.34. The van der Waals surface area contributed by atoms with Crippen molar-refractivity contribution in [2.24, 2.45) is 0 Å². The molecule has 1 aliphatic rings. The summed E-state index contributed by atoms with van der Waals surface area (Å²) in [4.78, 5) is 10.6. The van der Waals surface area contributed by atoms with Gasteiger partial charge in [0.2, 0.25) is 5.91 Å². The van der Waals surface area contributed by atoms with Crippen molar-refractivity contribution in [1.29, 1.82) is 0 Å². The Morgan fingerprint density at radius 3 is 3.00 bits per heavy atom. The minimum absolute atomic E-state index is 0.0197. The van der Waals surface area contributed by atoms with E-state index in [9.17, 15) is 4.79 Å². The molecule has 1 saturated heterocycles. The molecule has 0 radical (unpaired) electrons. The van der Waals surface area contributed by atoms with Gasteiger partial charge < -0.3 is 10.4 Å². The quantitative estimate of drug-likeness (QED) is 0.508. The molecule has 1 fully saturated rings. The lowest BCUT2D eigenvalue weighted by Gasteiger charge is -2.20. The van der Waals surface area contributed by atoms with Crippen molar-refractivity contribution in [2.45, 2.75) is 25.3 Å². The highest BCUT2D eigenvalue weighted by atomic mass is 16.3.